The molecule has 20 heavy (non-hydrogen) atoms. The van der Waals surface area contributed by atoms with E-state index < -0.39 is 10.8 Å². The van der Waals surface area contributed by atoms with Crippen molar-refractivity contribution in [3.63, 3.8) is 0 Å². The minimum absolute atomic E-state index is 0.0198. The highest BCUT2D eigenvalue weighted by molar-refractivity contribution is 8.00. The number of hydrogen-bond acceptors (Lipinski definition) is 1. The fraction of sp³-hybridized carbons (Fsp3) is 0.250. The number of aryl methyl sites for hydroxylation is 2. The Morgan fingerprint density at radius 1 is 0.750 bits per heavy atom. The lowest BCUT2D eigenvalue weighted by Crippen LogP contribution is -2.07. The Labute approximate surface area is 121 Å². The highest BCUT2D eigenvalue weighted by atomic mass is 32.2. The van der Waals surface area contributed by atoms with Crippen molar-refractivity contribution in [3.05, 3.63) is 70.8 Å². The minimum atomic E-state index is -4.26. The fourth-order valence-electron chi connectivity index (χ4n) is 1.94. The molecule has 0 fully saturated rings. The van der Waals surface area contributed by atoms with Crippen LogP contribution >= 0.6 is 11.8 Å². The van der Waals surface area contributed by atoms with E-state index >= 15 is 0 Å². The van der Waals surface area contributed by atoms with E-state index in [9.17, 15) is 13.2 Å². The molecule has 0 aliphatic carbocycles. The van der Waals surface area contributed by atoms with Gasteiger partial charge in [0.05, 0.1) is 5.25 Å². The van der Waals surface area contributed by atoms with Crippen LogP contribution in [0.3, 0.4) is 0 Å². The molecule has 2 rings (SSSR count). The summed E-state index contributed by atoms with van der Waals surface area (Å²) in [6.45, 7) is 3.84. The van der Waals surface area contributed by atoms with E-state index in [2.05, 4.69) is 0 Å². The lowest BCUT2D eigenvalue weighted by molar-refractivity contribution is -0.0332. The molecule has 0 heterocycles. The van der Waals surface area contributed by atoms with E-state index in [1.807, 2.05) is 38.1 Å². The Hall–Kier alpha value is -1.42. The SMILES string of the molecule is Cc1ccc(C(SC(F)(F)F)c2ccc(C)cc2)cc1. The third-order valence-corrected chi connectivity index (χ3v) is 4.06. The highest BCUT2D eigenvalue weighted by Crippen LogP contribution is 2.45. The minimum Gasteiger partial charge on any atom is -0.160 e. The van der Waals surface area contributed by atoms with Crippen molar-refractivity contribution in [2.75, 3.05) is 0 Å². The summed E-state index contributed by atoms with van der Waals surface area (Å²) >= 11 is 0.0198. The van der Waals surface area contributed by atoms with Crippen LogP contribution in [0.4, 0.5) is 13.2 Å². The second-order valence-corrected chi connectivity index (χ2v) is 5.94. The van der Waals surface area contributed by atoms with Gasteiger partial charge in [0.2, 0.25) is 0 Å². The predicted octanol–water partition coefficient (Wildman–Crippen LogP) is 5.65. The van der Waals surface area contributed by atoms with Crippen LogP contribution in [-0.2, 0) is 0 Å². The van der Waals surface area contributed by atoms with Crippen LogP contribution in [0.25, 0.3) is 0 Å². The van der Waals surface area contributed by atoms with Crippen LogP contribution < -0.4 is 0 Å². The molecule has 0 atom stereocenters. The Balaban J connectivity index is 2.38. The van der Waals surface area contributed by atoms with Gasteiger partial charge in [-0.05, 0) is 36.7 Å². The fourth-order valence-corrected chi connectivity index (χ4v) is 2.80. The lowest BCUT2D eigenvalue weighted by Gasteiger charge is -2.19. The van der Waals surface area contributed by atoms with Crippen molar-refractivity contribution in [1.29, 1.82) is 0 Å². The van der Waals surface area contributed by atoms with Gasteiger partial charge in [0.1, 0.15) is 0 Å². The van der Waals surface area contributed by atoms with Gasteiger partial charge < -0.3 is 0 Å². The van der Waals surface area contributed by atoms with E-state index in [0.29, 0.717) is 11.1 Å². The molecule has 0 saturated heterocycles. The van der Waals surface area contributed by atoms with Crippen molar-refractivity contribution in [3.8, 4) is 0 Å². The number of rotatable bonds is 3. The van der Waals surface area contributed by atoms with E-state index in [-0.39, 0.29) is 11.8 Å². The predicted molar refractivity (Wildman–Crippen MR) is 77.8 cm³/mol. The average molecular weight is 296 g/mol. The largest absolute Gasteiger partial charge is 0.442 e. The molecular weight excluding hydrogens is 281 g/mol. The standard InChI is InChI=1S/C16H15F3S/c1-11-3-7-13(8-4-11)15(20-16(17,18)19)14-9-5-12(2)6-10-14/h3-10,15H,1-2H3. The van der Waals surface area contributed by atoms with Crippen LogP contribution in [0.2, 0.25) is 0 Å². The molecule has 0 nitrogen and oxygen atoms in total. The molecule has 0 amide bonds. The second-order valence-electron chi connectivity index (χ2n) is 4.76. The number of alkyl halides is 3. The molecule has 0 spiro atoms. The normalized spacial score (nSPS) is 11.9. The van der Waals surface area contributed by atoms with Gasteiger partial charge in [-0.2, -0.15) is 13.2 Å². The average Bonchev–Trinajstić information content (AvgIpc) is 2.37. The Morgan fingerprint density at radius 3 is 1.40 bits per heavy atom. The third kappa shape index (κ3) is 4.04. The summed E-state index contributed by atoms with van der Waals surface area (Å²) in [5.74, 6) is 0. The van der Waals surface area contributed by atoms with E-state index in [4.69, 9.17) is 0 Å². The number of halogens is 3. The van der Waals surface area contributed by atoms with Crippen LogP contribution in [0, 0.1) is 13.8 Å². The molecule has 2 aromatic carbocycles. The molecule has 0 bridgehead atoms. The molecule has 0 unspecified atom stereocenters. The molecule has 0 aromatic heterocycles. The van der Waals surface area contributed by atoms with Crippen LogP contribution in [-0.4, -0.2) is 5.51 Å². The Morgan fingerprint density at radius 2 is 1.10 bits per heavy atom. The smallest absolute Gasteiger partial charge is 0.160 e. The summed E-state index contributed by atoms with van der Waals surface area (Å²) in [6, 6.07) is 14.4. The van der Waals surface area contributed by atoms with E-state index in [0.717, 1.165) is 11.1 Å². The molecule has 0 aliphatic rings. The van der Waals surface area contributed by atoms with Crippen molar-refractivity contribution < 1.29 is 13.2 Å². The number of benzene rings is 2. The van der Waals surface area contributed by atoms with Crippen molar-refractivity contribution in [2.45, 2.75) is 24.6 Å². The van der Waals surface area contributed by atoms with Crippen molar-refractivity contribution >= 4 is 11.8 Å². The van der Waals surface area contributed by atoms with Gasteiger partial charge in [-0.25, -0.2) is 0 Å². The molecule has 4 heteroatoms. The summed E-state index contributed by atoms with van der Waals surface area (Å²) < 4.78 is 38.4. The summed E-state index contributed by atoms with van der Waals surface area (Å²) in [6.07, 6.45) is 0. The quantitative estimate of drug-likeness (QED) is 0.705. The summed E-state index contributed by atoms with van der Waals surface area (Å²) in [7, 11) is 0. The Kier molecular flexibility index (Phi) is 4.43. The van der Waals surface area contributed by atoms with Gasteiger partial charge >= 0.3 is 5.51 Å². The molecule has 0 N–H and O–H groups in total. The van der Waals surface area contributed by atoms with Crippen LogP contribution in [0.1, 0.15) is 27.5 Å². The summed E-state index contributed by atoms with van der Waals surface area (Å²) in [5, 5.41) is -0.726. The third-order valence-electron chi connectivity index (χ3n) is 3.01. The highest BCUT2D eigenvalue weighted by Gasteiger charge is 2.34. The van der Waals surface area contributed by atoms with Gasteiger partial charge in [-0.1, -0.05) is 59.7 Å². The van der Waals surface area contributed by atoms with Gasteiger partial charge in [0.15, 0.2) is 0 Å². The molecular formula is C16H15F3S. The van der Waals surface area contributed by atoms with Crippen molar-refractivity contribution in [1.82, 2.24) is 0 Å². The van der Waals surface area contributed by atoms with Crippen molar-refractivity contribution in [2.24, 2.45) is 0 Å². The van der Waals surface area contributed by atoms with E-state index in [1.165, 1.54) is 0 Å². The van der Waals surface area contributed by atoms with Gasteiger partial charge in [0, 0.05) is 0 Å². The van der Waals surface area contributed by atoms with Crippen LogP contribution in [0.5, 0.6) is 0 Å². The maximum atomic E-state index is 12.8. The maximum absolute atomic E-state index is 12.8. The topological polar surface area (TPSA) is 0 Å². The first kappa shape index (κ1) is 15.0. The maximum Gasteiger partial charge on any atom is 0.442 e. The first-order valence-electron chi connectivity index (χ1n) is 6.23. The number of hydrogen-bond donors (Lipinski definition) is 0. The Bertz CT molecular complexity index is 510. The first-order valence-corrected chi connectivity index (χ1v) is 7.11. The number of thioether (sulfide) groups is 1. The molecule has 0 saturated carbocycles. The summed E-state index contributed by atoms with van der Waals surface area (Å²) in [5.41, 5.74) is -0.856. The molecule has 2 aromatic rings. The zero-order valence-corrected chi connectivity index (χ0v) is 12.1. The van der Waals surface area contributed by atoms with Gasteiger partial charge in [-0.3, -0.25) is 0 Å². The molecule has 0 aliphatic heterocycles. The summed E-state index contributed by atoms with van der Waals surface area (Å²) in [4.78, 5) is 0. The second kappa shape index (κ2) is 5.92. The lowest BCUT2D eigenvalue weighted by atomic mass is 10.0. The first-order chi connectivity index (χ1) is 9.35. The molecule has 106 valence electrons. The molecule has 0 radical (unpaired) electrons. The zero-order valence-electron chi connectivity index (χ0n) is 11.2. The van der Waals surface area contributed by atoms with E-state index in [1.54, 1.807) is 24.3 Å². The van der Waals surface area contributed by atoms with Gasteiger partial charge in [-0.15, -0.1) is 0 Å². The van der Waals surface area contributed by atoms with Gasteiger partial charge in [0.25, 0.3) is 0 Å². The zero-order chi connectivity index (χ0) is 14.8. The monoisotopic (exact) mass is 296 g/mol. The van der Waals surface area contributed by atoms with Crippen LogP contribution in [0.15, 0.2) is 48.5 Å².